The molecular weight excluding hydrogens is 136 g/mol. The van der Waals surface area contributed by atoms with E-state index in [2.05, 4.69) is 13.5 Å². The number of allylic oxidation sites excluding steroid dienone is 1. The molecule has 0 aromatic carbocycles. The molecule has 2 atom stereocenters. The fourth-order valence-corrected chi connectivity index (χ4v) is 1.85. The van der Waals surface area contributed by atoms with Crippen molar-refractivity contribution in [2.45, 2.75) is 32.6 Å². The van der Waals surface area contributed by atoms with Crippen molar-refractivity contribution in [1.82, 2.24) is 0 Å². The maximum Gasteiger partial charge on any atom is 0.136 e. The van der Waals surface area contributed by atoms with Crippen LogP contribution in [0.2, 0.25) is 0 Å². The average Bonchev–Trinajstić information content (AvgIpc) is 1.97. The van der Waals surface area contributed by atoms with Crippen molar-refractivity contribution in [1.29, 1.82) is 0 Å². The zero-order valence-electron chi connectivity index (χ0n) is 7.18. The monoisotopic (exact) mass is 152 g/mol. The molecule has 0 amide bonds. The number of Topliss-reactive ketones (excluding diaryl/α,β-unsaturated/α-hetero) is 1. The predicted molar refractivity (Wildman–Crippen MR) is 46.3 cm³/mol. The SMILES string of the molecule is C=CC[C@@H]1C(=O)CCC[C@@H]1C. The fourth-order valence-electron chi connectivity index (χ4n) is 1.85. The third kappa shape index (κ3) is 1.92. The van der Waals surface area contributed by atoms with Crippen molar-refractivity contribution in [3.05, 3.63) is 12.7 Å². The van der Waals surface area contributed by atoms with Crippen LogP contribution in [-0.2, 0) is 4.79 Å². The van der Waals surface area contributed by atoms with E-state index in [9.17, 15) is 4.79 Å². The van der Waals surface area contributed by atoms with Gasteiger partial charge in [0.1, 0.15) is 5.78 Å². The number of carbonyl (C=O) groups is 1. The molecule has 1 rings (SSSR count). The molecule has 0 saturated heterocycles. The van der Waals surface area contributed by atoms with Crippen LogP contribution in [0.5, 0.6) is 0 Å². The van der Waals surface area contributed by atoms with E-state index in [1.807, 2.05) is 6.08 Å². The molecule has 1 heteroatoms. The van der Waals surface area contributed by atoms with E-state index in [1.54, 1.807) is 0 Å². The van der Waals surface area contributed by atoms with E-state index in [-0.39, 0.29) is 5.92 Å². The number of carbonyl (C=O) groups excluding carboxylic acids is 1. The molecule has 0 aromatic heterocycles. The van der Waals surface area contributed by atoms with Gasteiger partial charge in [0.05, 0.1) is 0 Å². The minimum Gasteiger partial charge on any atom is -0.299 e. The normalized spacial score (nSPS) is 31.9. The first-order valence-corrected chi connectivity index (χ1v) is 4.39. The third-order valence-corrected chi connectivity index (χ3v) is 2.60. The lowest BCUT2D eigenvalue weighted by atomic mass is 9.78. The Morgan fingerprint density at radius 1 is 1.73 bits per heavy atom. The van der Waals surface area contributed by atoms with Crippen LogP contribution in [0.1, 0.15) is 32.6 Å². The molecule has 1 nitrogen and oxygen atoms in total. The lowest BCUT2D eigenvalue weighted by Gasteiger charge is -2.26. The molecule has 11 heavy (non-hydrogen) atoms. The standard InChI is InChI=1S/C10H16O/c1-3-5-9-8(2)6-4-7-10(9)11/h3,8-9H,1,4-7H2,2H3/t8-,9-/m0/s1. The highest BCUT2D eigenvalue weighted by Crippen LogP contribution is 2.29. The first-order valence-electron chi connectivity index (χ1n) is 4.39. The van der Waals surface area contributed by atoms with Crippen LogP contribution in [0, 0.1) is 11.8 Å². The maximum absolute atomic E-state index is 11.3. The lowest BCUT2D eigenvalue weighted by Crippen LogP contribution is -2.25. The molecule has 0 aromatic rings. The Hall–Kier alpha value is -0.590. The van der Waals surface area contributed by atoms with Crippen LogP contribution in [0.3, 0.4) is 0 Å². The first kappa shape index (κ1) is 8.51. The molecule has 0 radical (unpaired) electrons. The van der Waals surface area contributed by atoms with E-state index < -0.39 is 0 Å². The number of hydrogen-bond acceptors (Lipinski definition) is 1. The molecule has 62 valence electrons. The van der Waals surface area contributed by atoms with Gasteiger partial charge in [0.15, 0.2) is 0 Å². The lowest BCUT2D eigenvalue weighted by molar-refractivity contribution is -0.126. The van der Waals surface area contributed by atoms with Gasteiger partial charge in [0.25, 0.3) is 0 Å². The van der Waals surface area contributed by atoms with Crippen molar-refractivity contribution >= 4 is 5.78 Å². The van der Waals surface area contributed by atoms with Crippen molar-refractivity contribution in [3.8, 4) is 0 Å². The van der Waals surface area contributed by atoms with Crippen molar-refractivity contribution in [2.24, 2.45) is 11.8 Å². The minimum atomic E-state index is 0.279. The highest BCUT2D eigenvalue weighted by Gasteiger charge is 2.26. The van der Waals surface area contributed by atoms with Gasteiger partial charge in [-0.05, 0) is 25.2 Å². The Morgan fingerprint density at radius 3 is 3.00 bits per heavy atom. The van der Waals surface area contributed by atoms with E-state index in [4.69, 9.17) is 0 Å². The Balaban J connectivity index is 2.54. The van der Waals surface area contributed by atoms with Gasteiger partial charge in [-0.25, -0.2) is 0 Å². The van der Waals surface area contributed by atoms with Crippen molar-refractivity contribution in [2.75, 3.05) is 0 Å². The Bertz CT molecular complexity index is 160. The van der Waals surface area contributed by atoms with Gasteiger partial charge in [-0.1, -0.05) is 13.0 Å². The van der Waals surface area contributed by atoms with E-state index in [0.717, 1.165) is 19.3 Å². The van der Waals surface area contributed by atoms with Gasteiger partial charge in [-0.2, -0.15) is 0 Å². The van der Waals surface area contributed by atoms with Gasteiger partial charge >= 0.3 is 0 Å². The van der Waals surface area contributed by atoms with Crippen LogP contribution in [0.4, 0.5) is 0 Å². The molecule has 1 fully saturated rings. The van der Waals surface area contributed by atoms with E-state index in [1.165, 1.54) is 6.42 Å². The van der Waals surface area contributed by atoms with Crippen LogP contribution in [-0.4, -0.2) is 5.78 Å². The molecule has 0 spiro atoms. The van der Waals surface area contributed by atoms with Crippen molar-refractivity contribution in [3.63, 3.8) is 0 Å². The maximum atomic E-state index is 11.3. The number of ketones is 1. The van der Waals surface area contributed by atoms with Crippen LogP contribution < -0.4 is 0 Å². The summed E-state index contributed by atoms with van der Waals surface area (Å²) in [6.07, 6.45) is 5.84. The molecule has 0 bridgehead atoms. The summed E-state index contributed by atoms with van der Waals surface area (Å²) in [7, 11) is 0. The first-order chi connectivity index (χ1) is 5.25. The topological polar surface area (TPSA) is 17.1 Å². The summed E-state index contributed by atoms with van der Waals surface area (Å²) in [6, 6.07) is 0. The largest absolute Gasteiger partial charge is 0.299 e. The second-order valence-electron chi connectivity index (χ2n) is 3.47. The van der Waals surface area contributed by atoms with E-state index in [0.29, 0.717) is 11.7 Å². The molecule has 0 N–H and O–H groups in total. The fraction of sp³-hybridized carbons (Fsp3) is 0.700. The second-order valence-corrected chi connectivity index (χ2v) is 3.47. The van der Waals surface area contributed by atoms with Gasteiger partial charge in [0.2, 0.25) is 0 Å². The second kappa shape index (κ2) is 3.70. The third-order valence-electron chi connectivity index (χ3n) is 2.60. The zero-order valence-corrected chi connectivity index (χ0v) is 7.18. The quantitative estimate of drug-likeness (QED) is 0.556. The summed E-state index contributed by atoms with van der Waals surface area (Å²) >= 11 is 0. The summed E-state index contributed by atoms with van der Waals surface area (Å²) in [6.45, 7) is 5.84. The summed E-state index contributed by atoms with van der Waals surface area (Å²) in [5.74, 6) is 1.30. The summed E-state index contributed by atoms with van der Waals surface area (Å²) in [4.78, 5) is 11.3. The highest BCUT2D eigenvalue weighted by molar-refractivity contribution is 5.82. The van der Waals surface area contributed by atoms with Crippen LogP contribution in [0.15, 0.2) is 12.7 Å². The molecule has 1 aliphatic carbocycles. The van der Waals surface area contributed by atoms with Crippen LogP contribution >= 0.6 is 0 Å². The van der Waals surface area contributed by atoms with Gasteiger partial charge < -0.3 is 0 Å². The summed E-state index contributed by atoms with van der Waals surface area (Å²) < 4.78 is 0. The Morgan fingerprint density at radius 2 is 2.45 bits per heavy atom. The summed E-state index contributed by atoms with van der Waals surface area (Å²) in [5, 5.41) is 0. The van der Waals surface area contributed by atoms with Crippen molar-refractivity contribution < 1.29 is 4.79 Å². The van der Waals surface area contributed by atoms with Gasteiger partial charge in [-0.15, -0.1) is 6.58 Å². The minimum absolute atomic E-state index is 0.279. The molecule has 0 aliphatic heterocycles. The van der Waals surface area contributed by atoms with Gasteiger partial charge in [-0.3, -0.25) is 4.79 Å². The van der Waals surface area contributed by atoms with Gasteiger partial charge in [0, 0.05) is 12.3 Å². The number of hydrogen-bond donors (Lipinski definition) is 0. The molecule has 1 aliphatic rings. The average molecular weight is 152 g/mol. The Labute approximate surface area is 68.5 Å². The summed E-state index contributed by atoms with van der Waals surface area (Å²) in [5.41, 5.74) is 0. The van der Waals surface area contributed by atoms with E-state index >= 15 is 0 Å². The molecule has 0 unspecified atom stereocenters. The highest BCUT2D eigenvalue weighted by atomic mass is 16.1. The molecule has 1 saturated carbocycles. The Kier molecular flexibility index (Phi) is 2.86. The predicted octanol–water partition coefficient (Wildman–Crippen LogP) is 2.57. The zero-order chi connectivity index (χ0) is 8.27. The van der Waals surface area contributed by atoms with Crippen LogP contribution in [0.25, 0.3) is 0 Å². The molecule has 0 heterocycles. The number of rotatable bonds is 2. The smallest absolute Gasteiger partial charge is 0.136 e. The molecular formula is C10H16O.